The first-order valence-electron chi connectivity index (χ1n) is 9.60. The molecule has 4 rings (SSSR count). The van der Waals surface area contributed by atoms with Gasteiger partial charge in [-0.1, -0.05) is 47.5 Å². The largest absolute Gasteiger partial charge is 0.361 e. The van der Waals surface area contributed by atoms with Gasteiger partial charge >= 0.3 is 0 Å². The molecule has 1 aliphatic heterocycles. The van der Waals surface area contributed by atoms with Crippen LogP contribution in [0.25, 0.3) is 10.9 Å². The first-order chi connectivity index (χ1) is 13.6. The Morgan fingerprint density at radius 2 is 1.68 bits per heavy atom. The highest BCUT2D eigenvalue weighted by Gasteiger charge is 2.22. The van der Waals surface area contributed by atoms with Gasteiger partial charge < -0.3 is 9.88 Å². The van der Waals surface area contributed by atoms with E-state index >= 15 is 0 Å². The van der Waals surface area contributed by atoms with Crippen molar-refractivity contribution in [1.29, 1.82) is 0 Å². The van der Waals surface area contributed by atoms with Crippen molar-refractivity contribution in [1.82, 2.24) is 14.8 Å². The molecule has 2 aromatic carbocycles. The number of benzene rings is 2. The van der Waals surface area contributed by atoms with Crippen LogP contribution in [0.15, 0.2) is 48.7 Å². The summed E-state index contributed by atoms with van der Waals surface area (Å²) in [7, 11) is 0. The molecule has 0 atom stereocenters. The molecule has 1 amide bonds. The molecule has 1 aromatic heterocycles. The number of hydrogen-bond donors (Lipinski definition) is 1. The van der Waals surface area contributed by atoms with Crippen molar-refractivity contribution in [2.75, 3.05) is 26.2 Å². The number of halogens is 2. The highest BCUT2D eigenvalue weighted by molar-refractivity contribution is 6.35. The third-order valence-corrected chi connectivity index (χ3v) is 6.16. The van der Waals surface area contributed by atoms with E-state index in [1.807, 2.05) is 41.4 Å². The van der Waals surface area contributed by atoms with Crippen LogP contribution in [0.5, 0.6) is 0 Å². The lowest BCUT2D eigenvalue weighted by Gasteiger charge is -2.35. The lowest BCUT2D eigenvalue weighted by Crippen LogP contribution is -2.48. The number of aryl methyl sites for hydroxylation is 1. The number of nitrogens with one attached hydrogen (secondary N) is 1. The lowest BCUT2D eigenvalue weighted by atomic mass is 10.1. The van der Waals surface area contributed by atoms with E-state index in [9.17, 15) is 4.79 Å². The summed E-state index contributed by atoms with van der Waals surface area (Å²) >= 11 is 12.6. The number of fused-ring (bicyclic) bond motifs is 1. The van der Waals surface area contributed by atoms with E-state index < -0.39 is 0 Å². The Morgan fingerprint density at radius 1 is 0.964 bits per heavy atom. The van der Waals surface area contributed by atoms with Gasteiger partial charge in [0.25, 0.3) is 0 Å². The van der Waals surface area contributed by atoms with E-state index in [4.69, 9.17) is 23.2 Å². The second-order valence-electron chi connectivity index (χ2n) is 7.22. The van der Waals surface area contributed by atoms with Gasteiger partial charge in [-0.2, -0.15) is 0 Å². The Hall–Kier alpha value is -2.01. The van der Waals surface area contributed by atoms with Gasteiger partial charge in [0.1, 0.15) is 0 Å². The maximum Gasteiger partial charge on any atom is 0.222 e. The third-order valence-electron chi connectivity index (χ3n) is 5.45. The molecule has 1 N–H and O–H groups in total. The van der Waals surface area contributed by atoms with Crippen molar-refractivity contribution in [3.05, 3.63) is 69.8 Å². The van der Waals surface area contributed by atoms with E-state index in [1.54, 1.807) is 0 Å². The molecule has 0 spiro atoms. The summed E-state index contributed by atoms with van der Waals surface area (Å²) in [4.78, 5) is 20.2. The Balaban J connectivity index is 1.29. The molecular weight excluding hydrogens is 393 g/mol. The summed E-state index contributed by atoms with van der Waals surface area (Å²) in [5.74, 6) is 0.223. The van der Waals surface area contributed by atoms with Crippen LogP contribution in [0.2, 0.25) is 10.0 Å². The Bertz CT molecular complexity index is 957. The van der Waals surface area contributed by atoms with Crippen molar-refractivity contribution in [3.63, 3.8) is 0 Å². The molecule has 1 aliphatic rings. The summed E-state index contributed by atoms with van der Waals surface area (Å²) < 4.78 is 0. The van der Waals surface area contributed by atoms with Gasteiger partial charge in [-0.3, -0.25) is 9.69 Å². The van der Waals surface area contributed by atoms with Crippen LogP contribution in [-0.4, -0.2) is 46.9 Å². The summed E-state index contributed by atoms with van der Waals surface area (Å²) in [6.07, 6.45) is 3.32. The molecule has 4 nitrogen and oxygen atoms in total. The monoisotopic (exact) mass is 415 g/mol. The molecule has 6 heteroatoms. The number of H-pyrrole nitrogens is 1. The van der Waals surface area contributed by atoms with Gasteiger partial charge in [-0.05, 0) is 30.2 Å². The van der Waals surface area contributed by atoms with Crippen molar-refractivity contribution in [2.24, 2.45) is 0 Å². The zero-order valence-corrected chi connectivity index (χ0v) is 17.1. The number of hydrogen-bond acceptors (Lipinski definition) is 2. The molecule has 1 saturated heterocycles. The van der Waals surface area contributed by atoms with E-state index in [0.29, 0.717) is 16.5 Å². The van der Waals surface area contributed by atoms with Gasteiger partial charge in [0.15, 0.2) is 0 Å². The first kappa shape index (κ1) is 19.3. The SMILES string of the molecule is O=C(CCc1c[nH]c2ccccc12)N1CCN(Cc2c(Cl)cccc2Cl)CC1. The Kier molecular flexibility index (Phi) is 5.90. The zero-order chi connectivity index (χ0) is 19.5. The lowest BCUT2D eigenvalue weighted by molar-refractivity contribution is -0.132. The second kappa shape index (κ2) is 8.56. The van der Waals surface area contributed by atoms with E-state index in [-0.39, 0.29) is 5.91 Å². The minimum atomic E-state index is 0.223. The predicted octanol–water partition coefficient (Wildman–Crippen LogP) is 4.75. The highest BCUT2D eigenvalue weighted by atomic mass is 35.5. The maximum atomic E-state index is 12.7. The van der Waals surface area contributed by atoms with E-state index in [2.05, 4.69) is 22.0 Å². The number of para-hydroxylation sites is 1. The number of carbonyl (C=O) groups is 1. The fraction of sp³-hybridized carbons (Fsp3) is 0.318. The normalized spacial score (nSPS) is 15.3. The van der Waals surface area contributed by atoms with Crippen LogP contribution in [-0.2, 0) is 17.8 Å². The van der Waals surface area contributed by atoms with Gasteiger partial charge in [0.2, 0.25) is 5.91 Å². The average molecular weight is 416 g/mol. The molecular formula is C22H23Cl2N3O. The second-order valence-corrected chi connectivity index (χ2v) is 8.03. The molecule has 1 fully saturated rings. The summed E-state index contributed by atoms with van der Waals surface area (Å²) in [6.45, 7) is 3.88. The van der Waals surface area contributed by atoms with Crippen LogP contribution in [0.1, 0.15) is 17.5 Å². The quantitative estimate of drug-likeness (QED) is 0.652. The van der Waals surface area contributed by atoms with Crippen molar-refractivity contribution < 1.29 is 4.79 Å². The van der Waals surface area contributed by atoms with Gasteiger partial charge in [-0.15, -0.1) is 0 Å². The van der Waals surface area contributed by atoms with Crippen LogP contribution < -0.4 is 0 Å². The number of carbonyl (C=O) groups excluding carboxylic acids is 1. The molecule has 0 radical (unpaired) electrons. The molecule has 0 bridgehead atoms. The standard InChI is InChI=1S/C22H23Cl2N3O/c23-19-5-3-6-20(24)18(19)15-26-10-12-27(13-11-26)22(28)9-8-16-14-25-21-7-2-1-4-17(16)21/h1-7,14,25H,8-13,15H2. The smallest absolute Gasteiger partial charge is 0.222 e. The minimum absolute atomic E-state index is 0.223. The predicted molar refractivity (Wildman–Crippen MR) is 115 cm³/mol. The van der Waals surface area contributed by atoms with Crippen molar-refractivity contribution in [2.45, 2.75) is 19.4 Å². The number of aromatic nitrogens is 1. The molecule has 0 saturated carbocycles. The fourth-order valence-electron chi connectivity index (χ4n) is 3.80. The average Bonchev–Trinajstić information content (AvgIpc) is 3.13. The van der Waals surface area contributed by atoms with E-state index in [1.165, 1.54) is 10.9 Å². The van der Waals surface area contributed by atoms with Crippen LogP contribution in [0.3, 0.4) is 0 Å². The number of nitrogens with zero attached hydrogens (tertiary/aromatic N) is 2. The molecule has 0 aliphatic carbocycles. The third kappa shape index (κ3) is 4.19. The molecule has 28 heavy (non-hydrogen) atoms. The zero-order valence-electron chi connectivity index (χ0n) is 15.6. The van der Waals surface area contributed by atoms with Crippen LogP contribution in [0, 0.1) is 0 Å². The van der Waals surface area contributed by atoms with Gasteiger partial charge in [-0.25, -0.2) is 0 Å². The number of aromatic amines is 1. The molecule has 146 valence electrons. The van der Waals surface area contributed by atoms with Gasteiger partial charge in [0.05, 0.1) is 0 Å². The summed E-state index contributed by atoms with van der Waals surface area (Å²) in [5, 5.41) is 2.60. The number of piperazine rings is 1. The molecule has 3 aromatic rings. The van der Waals surface area contributed by atoms with Gasteiger partial charge in [0, 0.05) is 71.9 Å². The number of rotatable bonds is 5. The van der Waals surface area contributed by atoms with Crippen LogP contribution >= 0.6 is 23.2 Å². The number of amides is 1. The maximum absolute atomic E-state index is 12.7. The Morgan fingerprint density at radius 3 is 2.43 bits per heavy atom. The minimum Gasteiger partial charge on any atom is -0.361 e. The fourth-order valence-corrected chi connectivity index (χ4v) is 4.32. The highest BCUT2D eigenvalue weighted by Crippen LogP contribution is 2.26. The topological polar surface area (TPSA) is 39.3 Å². The van der Waals surface area contributed by atoms with E-state index in [0.717, 1.165) is 50.2 Å². The summed E-state index contributed by atoms with van der Waals surface area (Å²) in [6, 6.07) is 13.8. The first-order valence-corrected chi connectivity index (χ1v) is 10.4. The van der Waals surface area contributed by atoms with Crippen molar-refractivity contribution >= 4 is 40.0 Å². The van der Waals surface area contributed by atoms with Crippen LogP contribution in [0.4, 0.5) is 0 Å². The molecule has 2 heterocycles. The molecule has 0 unspecified atom stereocenters. The van der Waals surface area contributed by atoms with Crippen molar-refractivity contribution in [3.8, 4) is 0 Å². The summed E-state index contributed by atoms with van der Waals surface area (Å²) in [5.41, 5.74) is 3.29. The Labute approximate surface area is 175 Å².